The monoisotopic (exact) mass is 273 g/mol. The average Bonchev–Trinajstić information content (AvgIpc) is 2.29. The first-order valence-corrected chi connectivity index (χ1v) is 8.49. The van der Waals surface area contributed by atoms with Gasteiger partial charge in [0, 0.05) is 17.1 Å². The van der Waals surface area contributed by atoms with Crippen molar-refractivity contribution in [2.45, 2.75) is 24.0 Å². The molecule has 0 aliphatic carbocycles. The van der Waals surface area contributed by atoms with Crippen LogP contribution in [0.5, 0.6) is 0 Å². The molecule has 0 aromatic heterocycles. The first kappa shape index (κ1) is 14.4. The maximum absolute atomic E-state index is 11.6. The van der Waals surface area contributed by atoms with Gasteiger partial charge in [-0.25, -0.2) is 8.42 Å². The van der Waals surface area contributed by atoms with Crippen LogP contribution in [0.1, 0.15) is 13.8 Å². The van der Waals surface area contributed by atoms with E-state index in [-0.39, 0.29) is 11.0 Å². The molecule has 1 N–H and O–H groups in total. The summed E-state index contributed by atoms with van der Waals surface area (Å²) in [6.45, 7) is 3.88. The van der Waals surface area contributed by atoms with Crippen molar-refractivity contribution in [3.05, 3.63) is 24.3 Å². The zero-order chi connectivity index (χ0) is 12.9. The molecule has 0 amide bonds. The average molecular weight is 273 g/mol. The van der Waals surface area contributed by atoms with Crippen LogP contribution >= 0.6 is 11.8 Å². The summed E-state index contributed by atoms with van der Waals surface area (Å²) < 4.78 is 23.2. The SMILES string of the molecule is CSc1ccc(NCCS(=O)(=O)C(C)C)cc1. The van der Waals surface area contributed by atoms with Gasteiger partial charge >= 0.3 is 0 Å². The zero-order valence-corrected chi connectivity index (χ0v) is 12.1. The lowest BCUT2D eigenvalue weighted by molar-refractivity contribution is 0.588. The highest BCUT2D eigenvalue weighted by molar-refractivity contribution is 7.98. The van der Waals surface area contributed by atoms with Crippen LogP contribution in [0.15, 0.2) is 29.2 Å². The number of hydrogen-bond donors (Lipinski definition) is 1. The van der Waals surface area contributed by atoms with Crippen molar-refractivity contribution in [3.8, 4) is 0 Å². The van der Waals surface area contributed by atoms with E-state index in [9.17, 15) is 8.42 Å². The third-order valence-corrected chi connectivity index (χ3v) is 5.48. The normalized spacial score (nSPS) is 11.8. The number of rotatable bonds is 6. The Kier molecular flexibility index (Phi) is 5.33. The second kappa shape index (κ2) is 6.31. The highest BCUT2D eigenvalue weighted by atomic mass is 32.2. The lowest BCUT2D eigenvalue weighted by Gasteiger charge is -2.09. The molecular weight excluding hydrogens is 254 g/mol. The van der Waals surface area contributed by atoms with Crippen molar-refractivity contribution in [3.63, 3.8) is 0 Å². The molecule has 0 atom stereocenters. The molecule has 0 spiro atoms. The molecule has 0 radical (unpaired) electrons. The minimum Gasteiger partial charge on any atom is -0.384 e. The molecule has 96 valence electrons. The van der Waals surface area contributed by atoms with Crippen molar-refractivity contribution < 1.29 is 8.42 Å². The van der Waals surface area contributed by atoms with Gasteiger partial charge in [0.25, 0.3) is 0 Å². The summed E-state index contributed by atoms with van der Waals surface area (Å²) in [6.07, 6.45) is 2.03. The summed E-state index contributed by atoms with van der Waals surface area (Å²) in [7, 11) is -2.95. The highest BCUT2D eigenvalue weighted by Crippen LogP contribution is 2.17. The molecule has 0 heterocycles. The topological polar surface area (TPSA) is 46.2 Å². The highest BCUT2D eigenvalue weighted by Gasteiger charge is 2.14. The number of thioether (sulfide) groups is 1. The van der Waals surface area contributed by atoms with Gasteiger partial charge in [0.05, 0.1) is 11.0 Å². The quantitative estimate of drug-likeness (QED) is 0.809. The first-order valence-electron chi connectivity index (χ1n) is 5.55. The van der Waals surface area contributed by atoms with Crippen LogP contribution in [-0.2, 0) is 9.84 Å². The van der Waals surface area contributed by atoms with Crippen LogP contribution in [0.25, 0.3) is 0 Å². The number of anilines is 1. The van der Waals surface area contributed by atoms with Crippen LogP contribution in [-0.4, -0.2) is 32.2 Å². The van der Waals surface area contributed by atoms with Crippen molar-refractivity contribution in [1.29, 1.82) is 0 Å². The summed E-state index contributed by atoms with van der Waals surface area (Å²) in [4.78, 5) is 1.20. The van der Waals surface area contributed by atoms with E-state index in [2.05, 4.69) is 5.32 Å². The minimum atomic E-state index is -2.95. The molecule has 1 rings (SSSR count). The maximum atomic E-state index is 11.6. The number of sulfone groups is 1. The van der Waals surface area contributed by atoms with E-state index in [1.165, 1.54) is 4.90 Å². The summed E-state index contributed by atoms with van der Waals surface area (Å²) in [6, 6.07) is 7.97. The Labute approximate surface area is 108 Å². The van der Waals surface area contributed by atoms with Gasteiger partial charge in [-0.3, -0.25) is 0 Å². The van der Waals surface area contributed by atoms with E-state index >= 15 is 0 Å². The molecule has 1 aromatic rings. The van der Waals surface area contributed by atoms with Crippen LogP contribution in [0.4, 0.5) is 5.69 Å². The Bertz CT molecular complexity index is 438. The van der Waals surface area contributed by atoms with Gasteiger partial charge in [-0.2, -0.15) is 0 Å². The molecule has 0 saturated heterocycles. The van der Waals surface area contributed by atoms with Crippen molar-refractivity contribution in [2.24, 2.45) is 0 Å². The second-order valence-electron chi connectivity index (χ2n) is 4.07. The van der Waals surface area contributed by atoms with Gasteiger partial charge in [0.1, 0.15) is 0 Å². The molecule has 0 saturated carbocycles. The summed E-state index contributed by atoms with van der Waals surface area (Å²) in [5, 5.41) is 2.82. The number of benzene rings is 1. The van der Waals surface area contributed by atoms with Gasteiger partial charge in [0.2, 0.25) is 0 Å². The molecule has 0 unspecified atom stereocenters. The zero-order valence-electron chi connectivity index (χ0n) is 10.4. The number of nitrogens with one attached hydrogen (secondary N) is 1. The lowest BCUT2D eigenvalue weighted by atomic mass is 10.3. The number of hydrogen-bond acceptors (Lipinski definition) is 4. The molecule has 0 aliphatic heterocycles. The molecule has 17 heavy (non-hydrogen) atoms. The standard InChI is InChI=1S/C12H19NO2S2/c1-10(2)17(14,15)9-8-13-11-4-6-12(16-3)7-5-11/h4-7,10,13H,8-9H2,1-3H3. The fourth-order valence-corrected chi connectivity index (χ4v) is 2.55. The van der Waals surface area contributed by atoms with Gasteiger partial charge < -0.3 is 5.32 Å². The molecule has 1 aromatic carbocycles. The molecule has 5 heteroatoms. The van der Waals surface area contributed by atoms with Crippen LogP contribution in [0.2, 0.25) is 0 Å². The fraction of sp³-hybridized carbons (Fsp3) is 0.500. The molecule has 3 nitrogen and oxygen atoms in total. The largest absolute Gasteiger partial charge is 0.384 e. The molecule has 0 fully saturated rings. The Morgan fingerprint density at radius 1 is 1.24 bits per heavy atom. The Morgan fingerprint density at radius 3 is 2.29 bits per heavy atom. The Morgan fingerprint density at radius 2 is 1.82 bits per heavy atom. The van der Waals surface area contributed by atoms with E-state index in [0.29, 0.717) is 6.54 Å². The summed E-state index contributed by atoms with van der Waals surface area (Å²) in [5.74, 6) is 0.176. The fourth-order valence-electron chi connectivity index (χ4n) is 1.28. The van der Waals surface area contributed by atoms with Crippen LogP contribution in [0, 0.1) is 0 Å². The predicted octanol–water partition coefficient (Wildman–Crippen LogP) is 2.64. The predicted molar refractivity (Wildman–Crippen MR) is 75.6 cm³/mol. The molecule has 0 aliphatic rings. The maximum Gasteiger partial charge on any atom is 0.154 e. The van der Waals surface area contributed by atoms with Gasteiger partial charge in [-0.1, -0.05) is 0 Å². The van der Waals surface area contributed by atoms with Crippen molar-refractivity contribution in [1.82, 2.24) is 0 Å². The van der Waals surface area contributed by atoms with Gasteiger partial charge in [0.15, 0.2) is 9.84 Å². The first-order chi connectivity index (χ1) is 7.95. The second-order valence-corrected chi connectivity index (χ2v) is 7.63. The van der Waals surface area contributed by atoms with E-state index < -0.39 is 9.84 Å². The van der Waals surface area contributed by atoms with E-state index in [1.807, 2.05) is 30.5 Å². The van der Waals surface area contributed by atoms with Crippen molar-refractivity contribution >= 4 is 27.3 Å². The van der Waals surface area contributed by atoms with E-state index in [0.717, 1.165) is 5.69 Å². The molecular formula is C12H19NO2S2. The van der Waals surface area contributed by atoms with E-state index in [4.69, 9.17) is 0 Å². The Balaban J connectivity index is 2.46. The summed E-state index contributed by atoms with van der Waals surface area (Å²) in [5.41, 5.74) is 0.960. The van der Waals surface area contributed by atoms with Gasteiger partial charge in [-0.05, 0) is 44.4 Å². The molecule has 0 bridgehead atoms. The third kappa shape index (κ3) is 4.60. The van der Waals surface area contributed by atoms with Crippen molar-refractivity contribution in [2.75, 3.05) is 23.9 Å². The Hall–Kier alpha value is -0.680. The van der Waals surface area contributed by atoms with Crippen LogP contribution in [0.3, 0.4) is 0 Å². The lowest BCUT2D eigenvalue weighted by Crippen LogP contribution is -2.22. The third-order valence-electron chi connectivity index (χ3n) is 2.52. The van der Waals surface area contributed by atoms with E-state index in [1.54, 1.807) is 25.6 Å². The summed E-state index contributed by atoms with van der Waals surface area (Å²) >= 11 is 1.69. The van der Waals surface area contributed by atoms with Crippen LogP contribution < -0.4 is 5.32 Å². The smallest absolute Gasteiger partial charge is 0.154 e. The minimum absolute atomic E-state index is 0.176. The van der Waals surface area contributed by atoms with Gasteiger partial charge in [-0.15, -0.1) is 11.8 Å².